The summed E-state index contributed by atoms with van der Waals surface area (Å²) in [5.74, 6) is 0.246. The largest absolute Gasteiger partial charge is 0.385 e. The Morgan fingerprint density at radius 3 is 2.40 bits per heavy atom. The van der Waals surface area contributed by atoms with Crippen LogP contribution in [0.15, 0.2) is 12.5 Å². The molecule has 1 heterocycles. The van der Waals surface area contributed by atoms with E-state index in [9.17, 15) is 5.11 Å². The van der Waals surface area contributed by atoms with Gasteiger partial charge in [0, 0.05) is 12.1 Å². The van der Waals surface area contributed by atoms with Crippen molar-refractivity contribution >= 4 is 0 Å². The second-order valence-electron chi connectivity index (χ2n) is 4.59. The van der Waals surface area contributed by atoms with Crippen molar-refractivity contribution in [2.24, 2.45) is 11.7 Å². The van der Waals surface area contributed by atoms with E-state index in [1.54, 1.807) is 12.5 Å². The van der Waals surface area contributed by atoms with Crippen molar-refractivity contribution in [1.29, 1.82) is 0 Å². The smallest absolute Gasteiger partial charge is 0.111 e. The summed E-state index contributed by atoms with van der Waals surface area (Å²) in [4.78, 5) is 4.05. The molecule has 0 saturated carbocycles. The van der Waals surface area contributed by atoms with E-state index in [1.165, 1.54) is 0 Å². The lowest BCUT2D eigenvalue weighted by Gasteiger charge is -2.24. The van der Waals surface area contributed by atoms with Crippen molar-refractivity contribution in [3.8, 4) is 0 Å². The second kappa shape index (κ2) is 4.77. The van der Waals surface area contributed by atoms with Crippen LogP contribution in [-0.4, -0.2) is 20.7 Å². The van der Waals surface area contributed by atoms with E-state index >= 15 is 0 Å². The number of hydrogen-bond acceptors (Lipinski definition) is 3. The maximum atomic E-state index is 10.1. The number of imidazole rings is 1. The lowest BCUT2D eigenvalue weighted by Crippen LogP contribution is -2.34. The molecule has 4 nitrogen and oxygen atoms in total. The number of rotatable bonds is 4. The van der Waals surface area contributed by atoms with Crippen LogP contribution < -0.4 is 5.73 Å². The van der Waals surface area contributed by atoms with Gasteiger partial charge in [0.15, 0.2) is 0 Å². The van der Waals surface area contributed by atoms with Gasteiger partial charge in [0.2, 0.25) is 0 Å². The Balaban J connectivity index is 2.90. The van der Waals surface area contributed by atoms with Gasteiger partial charge in [-0.15, -0.1) is 0 Å². The molecule has 86 valence electrons. The molecule has 1 aromatic heterocycles. The summed E-state index contributed by atoms with van der Waals surface area (Å²) < 4.78 is 1.95. The average molecular weight is 211 g/mol. The van der Waals surface area contributed by atoms with Gasteiger partial charge in [0.25, 0.3) is 0 Å². The van der Waals surface area contributed by atoms with Crippen LogP contribution in [0.4, 0.5) is 0 Å². The Morgan fingerprint density at radius 1 is 1.33 bits per heavy atom. The topological polar surface area (TPSA) is 64.1 Å². The van der Waals surface area contributed by atoms with Gasteiger partial charge >= 0.3 is 0 Å². The summed E-state index contributed by atoms with van der Waals surface area (Å²) in [5, 5.41) is 10.1. The van der Waals surface area contributed by atoms with E-state index < -0.39 is 6.10 Å². The van der Waals surface area contributed by atoms with Crippen LogP contribution >= 0.6 is 0 Å². The van der Waals surface area contributed by atoms with Crippen molar-refractivity contribution in [3.05, 3.63) is 18.2 Å². The molecule has 0 aromatic carbocycles. The predicted octanol–water partition coefficient (Wildman–Crippen LogP) is 1.48. The van der Waals surface area contributed by atoms with Crippen LogP contribution in [0.1, 0.15) is 45.5 Å². The van der Waals surface area contributed by atoms with Crippen molar-refractivity contribution < 1.29 is 5.11 Å². The molecule has 1 rings (SSSR count). The van der Waals surface area contributed by atoms with Gasteiger partial charge in [-0.25, -0.2) is 4.98 Å². The first-order chi connectivity index (χ1) is 6.95. The van der Waals surface area contributed by atoms with Gasteiger partial charge in [0.1, 0.15) is 6.10 Å². The molecule has 2 atom stereocenters. The highest BCUT2D eigenvalue weighted by atomic mass is 16.3. The zero-order valence-electron chi connectivity index (χ0n) is 9.88. The number of nitrogens with zero attached hydrogens (tertiary/aromatic N) is 2. The first-order valence-corrected chi connectivity index (χ1v) is 5.40. The maximum Gasteiger partial charge on any atom is 0.111 e. The second-order valence-corrected chi connectivity index (χ2v) is 4.59. The van der Waals surface area contributed by atoms with Crippen LogP contribution in [-0.2, 0) is 0 Å². The summed E-state index contributed by atoms with van der Waals surface area (Å²) in [6, 6.07) is 0.0377. The lowest BCUT2D eigenvalue weighted by atomic mass is 9.97. The molecular weight excluding hydrogens is 190 g/mol. The van der Waals surface area contributed by atoms with E-state index in [0.29, 0.717) is 0 Å². The van der Waals surface area contributed by atoms with Crippen LogP contribution in [0, 0.1) is 5.92 Å². The molecule has 0 radical (unpaired) electrons. The minimum Gasteiger partial charge on any atom is -0.385 e. The number of nitrogens with two attached hydrogens (primary N) is 1. The predicted molar refractivity (Wildman–Crippen MR) is 60.4 cm³/mol. The molecule has 0 aliphatic heterocycles. The molecule has 2 unspecified atom stereocenters. The molecule has 0 amide bonds. The first-order valence-electron chi connectivity index (χ1n) is 5.40. The fraction of sp³-hybridized carbons (Fsp3) is 0.727. The van der Waals surface area contributed by atoms with Gasteiger partial charge in [-0.1, -0.05) is 13.8 Å². The lowest BCUT2D eigenvalue weighted by molar-refractivity contribution is 0.116. The van der Waals surface area contributed by atoms with Gasteiger partial charge in [0.05, 0.1) is 18.2 Å². The van der Waals surface area contributed by atoms with E-state index in [0.717, 1.165) is 5.69 Å². The molecule has 15 heavy (non-hydrogen) atoms. The monoisotopic (exact) mass is 211 g/mol. The third-order valence-corrected chi connectivity index (χ3v) is 2.69. The van der Waals surface area contributed by atoms with Crippen molar-refractivity contribution in [2.45, 2.75) is 45.9 Å². The number of aliphatic hydroxyl groups excluding tert-OH is 1. The molecule has 0 aliphatic carbocycles. The summed E-state index contributed by atoms with van der Waals surface area (Å²) in [6.07, 6.45) is 2.78. The standard InChI is InChI=1S/C11H21N3O/c1-7(2)10(12)11(15)9-5-13-6-14(9)8(3)4/h5-8,10-11,15H,12H2,1-4H3. The van der Waals surface area contributed by atoms with Crippen LogP contribution in [0.5, 0.6) is 0 Å². The highest BCUT2D eigenvalue weighted by Gasteiger charge is 2.23. The van der Waals surface area contributed by atoms with Gasteiger partial charge in [-0.05, 0) is 19.8 Å². The molecule has 0 saturated heterocycles. The van der Waals surface area contributed by atoms with Gasteiger partial charge in [-0.2, -0.15) is 0 Å². The fourth-order valence-corrected chi connectivity index (χ4v) is 1.54. The highest BCUT2D eigenvalue weighted by Crippen LogP contribution is 2.22. The molecule has 1 aromatic rings. The fourth-order valence-electron chi connectivity index (χ4n) is 1.54. The summed E-state index contributed by atoms with van der Waals surface area (Å²) in [5.41, 5.74) is 6.73. The van der Waals surface area contributed by atoms with Crippen molar-refractivity contribution in [1.82, 2.24) is 9.55 Å². The van der Waals surface area contributed by atoms with Crippen molar-refractivity contribution in [3.63, 3.8) is 0 Å². The highest BCUT2D eigenvalue weighted by molar-refractivity contribution is 5.07. The van der Waals surface area contributed by atoms with E-state index in [2.05, 4.69) is 18.8 Å². The zero-order valence-corrected chi connectivity index (χ0v) is 9.88. The van der Waals surface area contributed by atoms with Crippen LogP contribution in [0.2, 0.25) is 0 Å². The minimum atomic E-state index is -0.644. The molecule has 3 N–H and O–H groups in total. The maximum absolute atomic E-state index is 10.1. The molecule has 0 bridgehead atoms. The quantitative estimate of drug-likeness (QED) is 0.793. The van der Waals surface area contributed by atoms with Crippen molar-refractivity contribution in [2.75, 3.05) is 0 Å². The summed E-state index contributed by atoms with van der Waals surface area (Å²) >= 11 is 0. The molecule has 4 heteroatoms. The Labute approximate surface area is 91.1 Å². The first kappa shape index (κ1) is 12.2. The molecule has 0 spiro atoms. The average Bonchev–Trinajstić information content (AvgIpc) is 2.63. The van der Waals surface area contributed by atoms with E-state index in [-0.39, 0.29) is 18.0 Å². The molecular formula is C11H21N3O. The summed E-state index contributed by atoms with van der Waals surface area (Å²) in [6.45, 7) is 8.12. The Hall–Kier alpha value is -0.870. The Bertz CT molecular complexity index is 307. The SMILES string of the molecule is CC(C)C(N)C(O)c1cncn1C(C)C. The van der Waals surface area contributed by atoms with Gasteiger partial charge < -0.3 is 15.4 Å². The Morgan fingerprint density at radius 2 is 1.93 bits per heavy atom. The Kier molecular flexibility index (Phi) is 3.88. The van der Waals surface area contributed by atoms with Crippen LogP contribution in [0.3, 0.4) is 0 Å². The normalized spacial score (nSPS) is 16.0. The number of aromatic nitrogens is 2. The van der Waals surface area contributed by atoms with E-state index in [1.807, 2.05) is 18.4 Å². The summed E-state index contributed by atoms with van der Waals surface area (Å²) in [7, 11) is 0. The third kappa shape index (κ3) is 2.58. The zero-order chi connectivity index (χ0) is 11.6. The van der Waals surface area contributed by atoms with E-state index in [4.69, 9.17) is 5.73 Å². The number of aliphatic hydroxyl groups is 1. The van der Waals surface area contributed by atoms with Crippen LogP contribution in [0.25, 0.3) is 0 Å². The number of hydrogen-bond donors (Lipinski definition) is 2. The molecule has 0 fully saturated rings. The third-order valence-electron chi connectivity index (χ3n) is 2.69. The van der Waals surface area contributed by atoms with Gasteiger partial charge in [-0.3, -0.25) is 0 Å². The molecule has 0 aliphatic rings. The minimum absolute atomic E-state index is 0.246.